The summed E-state index contributed by atoms with van der Waals surface area (Å²) >= 11 is 0. The molecule has 0 bridgehead atoms. The third-order valence-corrected chi connectivity index (χ3v) is 5.00. The summed E-state index contributed by atoms with van der Waals surface area (Å²) in [5.74, 6) is 3.73. The van der Waals surface area contributed by atoms with Crippen LogP contribution in [0.15, 0.2) is 12.1 Å². The van der Waals surface area contributed by atoms with E-state index in [4.69, 9.17) is 14.2 Å². The van der Waals surface area contributed by atoms with Gasteiger partial charge in [-0.25, -0.2) is 0 Å². The summed E-state index contributed by atoms with van der Waals surface area (Å²) in [7, 11) is 4.69. The Morgan fingerprint density at radius 2 is 1.79 bits per heavy atom. The van der Waals surface area contributed by atoms with Gasteiger partial charge in [-0.15, -0.1) is 10.2 Å². The Bertz CT molecular complexity index is 837. The van der Waals surface area contributed by atoms with Gasteiger partial charge >= 0.3 is 0 Å². The fourth-order valence-corrected chi connectivity index (χ4v) is 3.67. The first-order valence-corrected chi connectivity index (χ1v) is 9.39. The van der Waals surface area contributed by atoms with Gasteiger partial charge in [0, 0.05) is 12.5 Å². The number of methoxy groups -OCH3 is 3. The maximum absolute atomic E-state index is 13.0. The normalized spacial score (nSPS) is 16.1. The molecule has 1 amide bonds. The summed E-state index contributed by atoms with van der Waals surface area (Å²) in [6.07, 6.45) is 0.245. The largest absolute Gasteiger partial charge is 0.493 e. The average molecular weight is 388 g/mol. The van der Waals surface area contributed by atoms with Crippen LogP contribution in [0.3, 0.4) is 0 Å². The van der Waals surface area contributed by atoms with Crippen molar-refractivity contribution in [1.82, 2.24) is 19.7 Å². The lowest BCUT2D eigenvalue weighted by Gasteiger charge is -2.33. The van der Waals surface area contributed by atoms with Gasteiger partial charge in [0.2, 0.25) is 11.7 Å². The number of hydrogen-bond acceptors (Lipinski definition) is 6. The number of rotatable bonds is 6. The van der Waals surface area contributed by atoms with Crippen molar-refractivity contribution in [2.75, 3.05) is 27.9 Å². The summed E-state index contributed by atoms with van der Waals surface area (Å²) < 4.78 is 18.3. The van der Waals surface area contributed by atoms with Crippen molar-refractivity contribution >= 4 is 5.91 Å². The molecule has 8 nitrogen and oxygen atoms in total. The topological polar surface area (TPSA) is 78.7 Å². The van der Waals surface area contributed by atoms with Gasteiger partial charge in [0.1, 0.15) is 5.82 Å². The predicted molar refractivity (Wildman–Crippen MR) is 104 cm³/mol. The summed E-state index contributed by atoms with van der Waals surface area (Å²) in [5, 5.41) is 8.63. The second-order valence-electron chi connectivity index (χ2n) is 7.33. The third-order valence-electron chi connectivity index (χ3n) is 5.00. The molecule has 0 fully saturated rings. The summed E-state index contributed by atoms with van der Waals surface area (Å²) in [4.78, 5) is 14.8. The molecule has 152 valence electrons. The quantitative estimate of drug-likeness (QED) is 0.757. The summed E-state index contributed by atoms with van der Waals surface area (Å²) in [6, 6.07) is 3.76. The standard InChI is InChI=1S/C20H28N4O4/c1-12(2)20-22-21-17-11-23(10-13(3)24(17)20)18(25)9-14-7-15(26-4)19(28-6)16(8-14)27-5/h7-8,12-13H,9-11H2,1-6H3/t13-/m0/s1. The smallest absolute Gasteiger partial charge is 0.227 e. The van der Waals surface area contributed by atoms with Crippen molar-refractivity contribution in [2.24, 2.45) is 0 Å². The van der Waals surface area contributed by atoms with Crippen LogP contribution in [0.5, 0.6) is 17.2 Å². The molecule has 1 aromatic carbocycles. The number of carbonyl (C=O) groups excluding carboxylic acids is 1. The van der Waals surface area contributed by atoms with Gasteiger partial charge in [-0.1, -0.05) is 13.8 Å². The Labute approximate surface area is 165 Å². The van der Waals surface area contributed by atoms with Gasteiger partial charge in [-0.3, -0.25) is 4.79 Å². The van der Waals surface area contributed by atoms with E-state index in [1.807, 2.05) is 17.0 Å². The molecule has 0 aliphatic carbocycles. The molecule has 2 aromatic rings. The second kappa shape index (κ2) is 8.08. The minimum Gasteiger partial charge on any atom is -0.493 e. The molecule has 1 aliphatic heterocycles. The van der Waals surface area contributed by atoms with Crippen LogP contribution in [-0.4, -0.2) is 53.4 Å². The van der Waals surface area contributed by atoms with Crippen LogP contribution in [0.25, 0.3) is 0 Å². The molecular formula is C20H28N4O4. The molecule has 1 atom stereocenters. The molecule has 3 rings (SSSR count). The van der Waals surface area contributed by atoms with E-state index < -0.39 is 0 Å². The number of hydrogen-bond donors (Lipinski definition) is 0. The van der Waals surface area contributed by atoms with Crippen LogP contribution < -0.4 is 14.2 Å². The van der Waals surface area contributed by atoms with Crippen molar-refractivity contribution in [3.05, 3.63) is 29.3 Å². The second-order valence-corrected chi connectivity index (χ2v) is 7.33. The zero-order chi connectivity index (χ0) is 20.4. The van der Waals surface area contributed by atoms with Gasteiger partial charge in [0.25, 0.3) is 0 Å². The van der Waals surface area contributed by atoms with E-state index in [9.17, 15) is 4.79 Å². The Balaban J connectivity index is 1.80. The molecule has 0 radical (unpaired) electrons. The van der Waals surface area contributed by atoms with Crippen molar-refractivity contribution in [1.29, 1.82) is 0 Å². The number of ether oxygens (including phenoxy) is 3. The Morgan fingerprint density at radius 1 is 1.14 bits per heavy atom. The third kappa shape index (κ3) is 3.63. The summed E-state index contributed by atoms with van der Waals surface area (Å²) in [6.45, 7) is 7.40. The van der Waals surface area contributed by atoms with Crippen LogP contribution in [0.1, 0.15) is 49.9 Å². The Hall–Kier alpha value is -2.77. The minimum atomic E-state index is 0.0291. The molecule has 0 N–H and O–H groups in total. The lowest BCUT2D eigenvalue weighted by atomic mass is 10.1. The van der Waals surface area contributed by atoms with Crippen LogP contribution >= 0.6 is 0 Å². The van der Waals surface area contributed by atoms with Crippen molar-refractivity contribution < 1.29 is 19.0 Å². The van der Waals surface area contributed by atoms with Gasteiger partial charge in [-0.05, 0) is 24.6 Å². The molecule has 0 saturated heterocycles. The number of nitrogens with zero attached hydrogens (tertiary/aromatic N) is 4. The SMILES string of the molecule is COc1cc(CC(=O)N2Cc3nnc(C(C)C)n3[C@@H](C)C2)cc(OC)c1OC. The first kappa shape index (κ1) is 20.0. The maximum Gasteiger partial charge on any atom is 0.227 e. The zero-order valence-electron chi connectivity index (χ0n) is 17.4. The number of amides is 1. The molecule has 28 heavy (non-hydrogen) atoms. The van der Waals surface area contributed by atoms with Crippen LogP contribution in [0.2, 0.25) is 0 Å². The monoisotopic (exact) mass is 388 g/mol. The molecule has 1 aromatic heterocycles. The number of fused-ring (bicyclic) bond motifs is 1. The van der Waals surface area contributed by atoms with Gasteiger partial charge in [0.05, 0.1) is 40.3 Å². The van der Waals surface area contributed by atoms with E-state index in [0.29, 0.717) is 36.3 Å². The predicted octanol–water partition coefficient (Wildman–Crippen LogP) is 2.57. The minimum absolute atomic E-state index is 0.0291. The fraction of sp³-hybridized carbons (Fsp3) is 0.550. The van der Waals surface area contributed by atoms with Crippen molar-refractivity contribution in [3.8, 4) is 17.2 Å². The van der Waals surface area contributed by atoms with Crippen LogP contribution in [-0.2, 0) is 17.8 Å². The molecule has 8 heteroatoms. The molecule has 2 heterocycles. The highest BCUT2D eigenvalue weighted by molar-refractivity contribution is 5.79. The molecule has 0 spiro atoms. The Kier molecular flexibility index (Phi) is 5.76. The van der Waals surface area contributed by atoms with E-state index in [2.05, 4.69) is 35.5 Å². The van der Waals surface area contributed by atoms with Crippen LogP contribution in [0.4, 0.5) is 0 Å². The van der Waals surface area contributed by atoms with E-state index in [-0.39, 0.29) is 18.4 Å². The Morgan fingerprint density at radius 3 is 2.32 bits per heavy atom. The van der Waals surface area contributed by atoms with Crippen molar-refractivity contribution in [2.45, 2.75) is 45.7 Å². The first-order valence-electron chi connectivity index (χ1n) is 9.39. The van der Waals surface area contributed by atoms with Gasteiger partial charge in [-0.2, -0.15) is 0 Å². The molecule has 0 saturated carbocycles. The molecular weight excluding hydrogens is 360 g/mol. The van der Waals surface area contributed by atoms with Gasteiger partial charge in [0.15, 0.2) is 17.3 Å². The number of benzene rings is 1. The highest BCUT2D eigenvalue weighted by Crippen LogP contribution is 2.38. The lowest BCUT2D eigenvalue weighted by Crippen LogP contribution is -2.41. The zero-order valence-corrected chi connectivity index (χ0v) is 17.4. The van der Waals surface area contributed by atoms with E-state index in [1.165, 1.54) is 0 Å². The van der Waals surface area contributed by atoms with Crippen LogP contribution in [0, 0.1) is 0 Å². The highest BCUT2D eigenvalue weighted by Gasteiger charge is 2.30. The van der Waals surface area contributed by atoms with Crippen molar-refractivity contribution in [3.63, 3.8) is 0 Å². The molecule has 0 unspecified atom stereocenters. The first-order chi connectivity index (χ1) is 13.4. The number of carbonyl (C=O) groups is 1. The van der Waals surface area contributed by atoms with Gasteiger partial charge < -0.3 is 23.7 Å². The fourth-order valence-electron chi connectivity index (χ4n) is 3.67. The highest BCUT2D eigenvalue weighted by atomic mass is 16.5. The summed E-state index contributed by atoms with van der Waals surface area (Å²) in [5.41, 5.74) is 0.807. The maximum atomic E-state index is 13.0. The average Bonchev–Trinajstić information content (AvgIpc) is 3.12. The van der Waals surface area contributed by atoms with E-state index in [1.54, 1.807) is 21.3 Å². The van der Waals surface area contributed by atoms with E-state index >= 15 is 0 Å². The molecule has 1 aliphatic rings. The lowest BCUT2D eigenvalue weighted by molar-refractivity contribution is -0.132. The number of aromatic nitrogens is 3. The van der Waals surface area contributed by atoms with E-state index in [0.717, 1.165) is 17.2 Å².